The van der Waals surface area contributed by atoms with Crippen LogP contribution in [0.3, 0.4) is 0 Å². The Morgan fingerprint density at radius 2 is 2.03 bits per heavy atom. The highest BCUT2D eigenvalue weighted by Crippen LogP contribution is 2.58. The van der Waals surface area contributed by atoms with Crippen molar-refractivity contribution in [2.24, 2.45) is 17.3 Å². The minimum absolute atomic E-state index is 0.0745. The maximum absolute atomic E-state index is 12.4. The molecule has 32 heavy (non-hydrogen) atoms. The monoisotopic (exact) mass is 456 g/mol. The molecule has 0 aromatic carbocycles. The Bertz CT molecular complexity index is 785. The van der Waals surface area contributed by atoms with E-state index in [-0.39, 0.29) is 11.3 Å². The van der Waals surface area contributed by atoms with Gasteiger partial charge in [0, 0.05) is 12.3 Å². The smallest absolute Gasteiger partial charge is 0.389 e. The van der Waals surface area contributed by atoms with Gasteiger partial charge in [-0.2, -0.15) is 13.2 Å². The minimum Gasteiger partial charge on any atom is -0.462 e. The number of carbonyl (C=O) groups excluding carboxylic acids is 1. The first-order chi connectivity index (χ1) is 14.9. The van der Waals surface area contributed by atoms with Crippen LogP contribution < -0.4 is 0 Å². The first-order valence-electron chi connectivity index (χ1n) is 11.6. The molecular weight excluding hydrogens is 421 g/mol. The minimum atomic E-state index is -4.36. The zero-order chi connectivity index (χ0) is 23.7. The van der Waals surface area contributed by atoms with E-state index in [1.807, 2.05) is 6.08 Å². The molecule has 0 aliphatic heterocycles. The summed E-state index contributed by atoms with van der Waals surface area (Å²) in [5.41, 5.74) is 2.77. The number of allylic oxidation sites excluding steroid dienone is 3. The van der Waals surface area contributed by atoms with Crippen LogP contribution in [0.15, 0.2) is 35.5 Å². The number of aliphatic hydroxyl groups is 2. The molecule has 0 aromatic rings. The van der Waals surface area contributed by atoms with E-state index in [1.165, 1.54) is 5.57 Å². The first-order valence-corrected chi connectivity index (χ1v) is 11.6. The predicted octanol–water partition coefficient (Wildman–Crippen LogP) is 5.40. The zero-order valence-corrected chi connectivity index (χ0v) is 19.0. The largest absolute Gasteiger partial charge is 0.462 e. The number of alkyl halides is 3. The third kappa shape index (κ3) is 5.66. The number of fused-ring (bicyclic) bond motifs is 1. The maximum atomic E-state index is 12.4. The molecule has 0 unspecified atom stereocenters. The summed E-state index contributed by atoms with van der Waals surface area (Å²) < 4.78 is 42.6. The Morgan fingerprint density at radius 3 is 2.72 bits per heavy atom. The summed E-state index contributed by atoms with van der Waals surface area (Å²) in [5.74, 6) is -0.362. The van der Waals surface area contributed by atoms with Gasteiger partial charge in [-0.15, -0.1) is 0 Å². The Balaban J connectivity index is 1.69. The van der Waals surface area contributed by atoms with E-state index >= 15 is 0 Å². The van der Waals surface area contributed by atoms with Crippen LogP contribution in [-0.2, 0) is 9.53 Å². The number of aliphatic hydroxyl groups excluding tert-OH is 2. The van der Waals surface area contributed by atoms with Crippen molar-refractivity contribution >= 4 is 5.97 Å². The van der Waals surface area contributed by atoms with Crippen LogP contribution in [0.2, 0.25) is 0 Å². The molecule has 0 saturated heterocycles. The van der Waals surface area contributed by atoms with Gasteiger partial charge in [0.15, 0.2) is 0 Å². The Morgan fingerprint density at radius 1 is 1.31 bits per heavy atom. The molecule has 3 aliphatic carbocycles. The highest BCUT2D eigenvalue weighted by molar-refractivity contribution is 5.69. The van der Waals surface area contributed by atoms with Gasteiger partial charge in [0.25, 0.3) is 0 Å². The fraction of sp³-hybridized carbons (Fsp3) is 0.720. The average Bonchev–Trinajstić information content (AvgIpc) is 3.05. The van der Waals surface area contributed by atoms with Crippen LogP contribution in [0, 0.1) is 17.3 Å². The van der Waals surface area contributed by atoms with E-state index < -0.39 is 43.3 Å². The third-order valence-corrected chi connectivity index (χ3v) is 7.80. The lowest BCUT2D eigenvalue weighted by molar-refractivity contribution is -0.164. The molecular formula is C25H35F3O4. The quantitative estimate of drug-likeness (QED) is 0.544. The van der Waals surface area contributed by atoms with Crippen LogP contribution in [0.1, 0.15) is 71.6 Å². The Labute approximate surface area is 188 Å². The first kappa shape index (κ1) is 25.0. The molecule has 0 aromatic heterocycles. The van der Waals surface area contributed by atoms with Crippen molar-refractivity contribution in [1.82, 2.24) is 0 Å². The summed E-state index contributed by atoms with van der Waals surface area (Å²) in [6.07, 6.45) is 1.79. The molecule has 0 amide bonds. The van der Waals surface area contributed by atoms with Crippen LogP contribution in [-0.4, -0.2) is 40.7 Å². The number of rotatable bonds is 5. The molecule has 0 spiro atoms. The van der Waals surface area contributed by atoms with Crippen LogP contribution in [0.5, 0.6) is 0 Å². The normalized spacial score (nSPS) is 36.9. The van der Waals surface area contributed by atoms with Crippen LogP contribution >= 0.6 is 0 Å². The summed E-state index contributed by atoms with van der Waals surface area (Å²) in [6.45, 7) is 7.99. The Hall–Kier alpha value is -1.60. The van der Waals surface area contributed by atoms with Gasteiger partial charge in [-0.1, -0.05) is 31.2 Å². The van der Waals surface area contributed by atoms with Crippen molar-refractivity contribution < 1.29 is 32.9 Å². The van der Waals surface area contributed by atoms with Crippen molar-refractivity contribution in [2.45, 2.75) is 96.1 Å². The van der Waals surface area contributed by atoms with Crippen molar-refractivity contribution in [3.05, 3.63) is 35.5 Å². The fourth-order valence-corrected chi connectivity index (χ4v) is 6.11. The van der Waals surface area contributed by atoms with Crippen molar-refractivity contribution in [3.63, 3.8) is 0 Å². The molecule has 3 aliphatic rings. The van der Waals surface area contributed by atoms with Gasteiger partial charge < -0.3 is 14.9 Å². The standard InChI is InChI=1S/C25H35F3O4/c1-15-18(13-19(29)14-22(15)30)7-6-17-5-4-11-24(3)20(8-9-21(17)24)16(2)32-23(31)10-12-25(26,27)28/h6-7,16,19-22,29-30H,1,4-5,8-14H2,2-3H3/b17-6+,18-7-/t16-,19+,20+,21-,22-,24+/m0/s1. The number of hydrogen-bond acceptors (Lipinski definition) is 4. The second-order valence-electron chi connectivity index (χ2n) is 9.97. The highest BCUT2D eigenvalue weighted by atomic mass is 19.4. The molecule has 3 saturated carbocycles. The molecule has 0 heterocycles. The van der Waals surface area contributed by atoms with E-state index in [9.17, 15) is 28.2 Å². The van der Waals surface area contributed by atoms with Gasteiger partial charge in [0.05, 0.1) is 25.0 Å². The SMILES string of the molecule is C=C1/C(=C\C=C2/CCC[C@]3(C)[C@@H]([C@H](C)OC(=O)CCC(F)(F)F)CC[C@@H]23)C[C@@H](O)C[C@@H]1O. The van der Waals surface area contributed by atoms with Gasteiger partial charge in [-0.05, 0) is 67.9 Å². The summed E-state index contributed by atoms with van der Waals surface area (Å²) in [4.78, 5) is 12.0. The summed E-state index contributed by atoms with van der Waals surface area (Å²) in [5, 5.41) is 20.1. The van der Waals surface area contributed by atoms with E-state index in [4.69, 9.17) is 4.74 Å². The second-order valence-corrected chi connectivity index (χ2v) is 9.97. The summed E-state index contributed by atoms with van der Waals surface area (Å²) in [7, 11) is 0. The topological polar surface area (TPSA) is 66.8 Å². The van der Waals surface area contributed by atoms with Gasteiger partial charge in [0.2, 0.25) is 0 Å². The molecule has 0 bridgehead atoms. The lowest BCUT2D eigenvalue weighted by Crippen LogP contribution is -2.39. The molecule has 180 valence electrons. The van der Waals surface area contributed by atoms with Crippen LogP contribution in [0.4, 0.5) is 13.2 Å². The molecule has 7 heteroatoms. The number of hydrogen-bond donors (Lipinski definition) is 2. The predicted molar refractivity (Wildman–Crippen MR) is 116 cm³/mol. The molecule has 3 rings (SSSR count). The molecule has 2 N–H and O–H groups in total. The van der Waals surface area contributed by atoms with E-state index in [0.717, 1.165) is 37.7 Å². The second kappa shape index (κ2) is 9.72. The zero-order valence-electron chi connectivity index (χ0n) is 19.0. The Kier molecular flexibility index (Phi) is 7.60. The van der Waals surface area contributed by atoms with Crippen molar-refractivity contribution in [2.75, 3.05) is 0 Å². The van der Waals surface area contributed by atoms with Gasteiger partial charge in [-0.25, -0.2) is 0 Å². The number of ether oxygens (including phenoxy) is 1. The van der Waals surface area contributed by atoms with E-state index in [1.54, 1.807) is 6.92 Å². The number of carbonyl (C=O) groups is 1. The highest BCUT2D eigenvalue weighted by Gasteiger charge is 2.51. The van der Waals surface area contributed by atoms with Gasteiger partial charge >= 0.3 is 12.1 Å². The van der Waals surface area contributed by atoms with E-state index in [2.05, 4.69) is 19.6 Å². The van der Waals surface area contributed by atoms with Crippen molar-refractivity contribution in [1.29, 1.82) is 0 Å². The summed E-state index contributed by atoms with van der Waals surface area (Å²) >= 11 is 0. The number of halogens is 3. The maximum Gasteiger partial charge on any atom is 0.389 e. The average molecular weight is 457 g/mol. The molecule has 3 fully saturated rings. The van der Waals surface area contributed by atoms with E-state index in [0.29, 0.717) is 24.3 Å². The van der Waals surface area contributed by atoms with Crippen LogP contribution in [0.25, 0.3) is 0 Å². The third-order valence-electron chi connectivity index (χ3n) is 7.80. The lowest BCUT2D eigenvalue weighted by atomic mass is 9.62. The fourth-order valence-electron chi connectivity index (χ4n) is 6.11. The summed E-state index contributed by atoms with van der Waals surface area (Å²) in [6, 6.07) is 0. The lowest BCUT2D eigenvalue weighted by Gasteiger charge is -2.44. The molecule has 0 radical (unpaired) electrons. The van der Waals surface area contributed by atoms with Gasteiger partial charge in [0.1, 0.15) is 6.10 Å². The van der Waals surface area contributed by atoms with Gasteiger partial charge in [-0.3, -0.25) is 4.79 Å². The molecule has 6 atom stereocenters. The number of esters is 1. The molecule has 4 nitrogen and oxygen atoms in total. The van der Waals surface area contributed by atoms with Crippen molar-refractivity contribution in [3.8, 4) is 0 Å².